The number of hydrogen-bond donors (Lipinski definition) is 1. The Morgan fingerprint density at radius 3 is 2.32 bits per heavy atom. The molecule has 0 radical (unpaired) electrons. The molecule has 5 nitrogen and oxygen atoms in total. The van der Waals surface area contributed by atoms with Crippen molar-refractivity contribution in [1.82, 2.24) is 4.90 Å². The van der Waals surface area contributed by atoms with Gasteiger partial charge in [0.05, 0.1) is 28.9 Å². The summed E-state index contributed by atoms with van der Waals surface area (Å²) in [7, 11) is 0. The molecule has 0 aromatic heterocycles. The molecule has 3 atom stereocenters. The molecule has 1 aromatic rings. The van der Waals surface area contributed by atoms with E-state index in [1.807, 2.05) is 13.8 Å². The number of rotatable bonds is 3. The van der Waals surface area contributed by atoms with Crippen molar-refractivity contribution < 1.29 is 14.3 Å². The molecule has 1 saturated carbocycles. The molecule has 1 saturated heterocycles. The zero-order valence-corrected chi connectivity index (χ0v) is 16.0. The van der Waals surface area contributed by atoms with Crippen molar-refractivity contribution in [2.45, 2.75) is 43.7 Å². The number of hydrogen-bond acceptors (Lipinski definition) is 3. The minimum absolute atomic E-state index is 0.0204. The van der Waals surface area contributed by atoms with E-state index in [0.717, 1.165) is 0 Å². The Hall–Kier alpha value is -1.30. The van der Waals surface area contributed by atoms with Gasteiger partial charge >= 0.3 is 0 Å². The highest BCUT2D eigenvalue weighted by Gasteiger charge is 2.67. The molecule has 2 aliphatic rings. The predicted molar refractivity (Wildman–Crippen MR) is 98.1 cm³/mol. The lowest BCUT2D eigenvalue weighted by molar-refractivity contribution is -0.120. The van der Waals surface area contributed by atoms with Gasteiger partial charge in [-0.15, -0.1) is 23.2 Å². The molecule has 25 heavy (non-hydrogen) atoms. The van der Waals surface area contributed by atoms with E-state index < -0.39 is 9.75 Å². The Morgan fingerprint density at radius 2 is 1.76 bits per heavy atom. The van der Waals surface area contributed by atoms with Gasteiger partial charge in [0, 0.05) is 13.1 Å². The van der Waals surface area contributed by atoms with Gasteiger partial charge in [0.2, 0.25) is 5.91 Å². The van der Waals surface area contributed by atoms with Gasteiger partial charge in [0.15, 0.2) is 0 Å². The van der Waals surface area contributed by atoms with Crippen molar-refractivity contribution in [2.24, 2.45) is 5.41 Å². The summed E-state index contributed by atoms with van der Waals surface area (Å²) >= 11 is 12.2. The standard InChI is InChI=1S/C18H22Cl2N2O3/c1-11-8-22(9-12(2)25-11)15(23)13-6-4-5-7-14(13)21-16(24)17(3)10-18(17,19)20/h4-7,11-12H,8-10H2,1-3H3,(H,21,24)/t11-,12-,17-/m1/s1. The molecule has 1 aliphatic heterocycles. The second kappa shape index (κ2) is 6.45. The Labute approximate surface area is 157 Å². The number of amides is 2. The van der Waals surface area contributed by atoms with Crippen LogP contribution in [0.2, 0.25) is 0 Å². The molecule has 2 amide bonds. The maximum Gasteiger partial charge on any atom is 0.256 e. The number of ether oxygens (including phenoxy) is 1. The van der Waals surface area contributed by atoms with Crippen molar-refractivity contribution in [3.63, 3.8) is 0 Å². The monoisotopic (exact) mass is 384 g/mol. The Bertz CT molecular complexity index is 699. The number of carbonyl (C=O) groups excluding carboxylic acids is 2. The highest BCUT2D eigenvalue weighted by atomic mass is 35.5. The summed E-state index contributed by atoms with van der Waals surface area (Å²) in [4.78, 5) is 27.3. The maximum atomic E-state index is 13.0. The fourth-order valence-corrected chi connectivity index (χ4v) is 3.91. The zero-order chi connectivity index (χ0) is 18.4. The van der Waals surface area contributed by atoms with Crippen molar-refractivity contribution in [3.8, 4) is 0 Å². The fraction of sp³-hybridized carbons (Fsp3) is 0.556. The van der Waals surface area contributed by atoms with Crippen LogP contribution in [0.3, 0.4) is 0 Å². The number of halogens is 2. The summed E-state index contributed by atoms with van der Waals surface area (Å²) in [6.07, 6.45) is 0.352. The van der Waals surface area contributed by atoms with E-state index in [1.165, 1.54) is 0 Å². The van der Waals surface area contributed by atoms with Crippen molar-refractivity contribution >= 4 is 40.7 Å². The summed E-state index contributed by atoms with van der Waals surface area (Å²) in [5.74, 6) is -0.400. The molecule has 0 unspecified atom stereocenters. The third-order valence-corrected chi connectivity index (χ3v) is 5.97. The fourth-order valence-electron chi connectivity index (χ4n) is 3.20. The van der Waals surface area contributed by atoms with Crippen molar-refractivity contribution in [3.05, 3.63) is 29.8 Å². The molecule has 0 spiro atoms. The summed E-state index contributed by atoms with van der Waals surface area (Å²) in [5, 5.41) is 2.82. The number of nitrogens with one attached hydrogen (secondary N) is 1. The van der Waals surface area contributed by atoms with E-state index in [2.05, 4.69) is 5.32 Å². The second-order valence-electron chi connectivity index (χ2n) is 7.18. The number of carbonyl (C=O) groups is 2. The average Bonchev–Trinajstić information content (AvgIpc) is 3.06. The third kappa shape index (κ3) is 3.50. The lowest BCUT2D eigenvalue weighted by Crippen LogP contribution is -2.48. The van der Waals surface area contributed by atoms with Gasteiger partial charge in [-0.25, -0.2) is 0 Å². The van der Waals surface area contributed by atoms with Crippen LogP contribution in [0.5, 0.6) is 0 Å². The van der Waals surface area contributed by atoms with E-state index >= 15 is 0 Å². The Morgan fingerprint density at radius 1 is 1.20 bits per heavy atom. The summed E-state index contributed by atoms with van der Waals surface area (Å²) < 4.78 is 4.63. The summed E-state index contributed by atoms with van der Waals surface area (Å²) in [5.41, 5.74) is 0.0894. The third-order valence-electron chi connectivity index (χ3n) is 4.87. The van der Waals surface area contributed by atoms with E-state index in [4.69, 9.17) is 27.9 Å². The summed E-state index contributed by atoms with van der Waals surface area (Å²) in [6.45, 7) is 6.65. The predicted octanol–water partition coefficient (Wildman–Crippen LogP) is 3.46. The number of alkyl halides is 2. The molecule has 0 bridgehead atoms. The Kier molecular flexibility index (Phi) is 4.77. The molecule has 1 heterocycles. The van der Waals surface area contributed by atoms with Gasteiger partial charge in [-0.05, 0) is 39.3 Å². The summed E-state index contributed by atoms with van der Waals surface area (Å²) in [6, 6.07) is 6.99. The van der Waals surface area contributed by atoms with Crippen LogP contribution >= 0.6 is 23.2 Å². The van der Waals surface area contributed by atoms with Crippen LogP contribution in [0.4, 0.5) is 5.69 Å². The molecule has 7 heteroatoms. The smallest absolute Gasteiger partial charge is 0.256 e. The maximum absolute atomic E-state index is 13.0. The van der Waals surface area contributed by atoms with Gasteiger partial charge < -0.3 is 15.0 Å². The van der Waals surface area contributed by atoms with E-state index in [0.29, 0.717) is 30.8 Å². The molecule has 3 rings (SSSR count). The van der Waals surface area contributed by atoms with Crippen LogP contribution in [0.25, 0.3) is 0 Å². The number of morpholine rings is 1. The molecule has 2 fully saturated rings. The minimum atomic E-state index is -1.05. The molecule has 1 aliphatic carbocycles. The van der Waals surface area contributed by atoms with E-state index in [-0.39, 0.29) is 24.0 Å². The average molecular weight is 385 g/mol. The van der Waals surface area contributed by atoms with Crippen LogP contribution in [-0.2, 0) is 9.53 Å². The quantitative estimate of drug-likeness (QED) is 0.811. The molecule has 1 aromatic carbocycles. The number of nitrogens with zero attached hydrogens (tertiary/aromatic N) is 1. The first-order chi connectivity index (χ1) is 11.6. The van der Waals surface area contributed by atoms with Crippen molar-refractivity contribution in [1.29, 1.82) is 0 Å². The van der Waals surface area contributed by atoms with Crippen LogP contribution in [-0.4, -0.2) is 46.3 Å². The van der Waals surface area contributed by atoms with Crippen molar-refractivity contribution in [2.75, 3.05) is 18.4 Å². The van der Waals surface area contributed by atoms with Gasteiger partial charge in [-0.3, -0.25) is 9.59 Å². The highest BCUT2D eigenvalue weighted by Crippen LogP contribution is 2.64. The molecule has 1 N–H and O–H groups in total. The van der Waals surface area contributed by atoms with E-state index in [1.54, 1.807) is 36.1 Å². The first-order valence-corrected chi connectivity index (χ1v) is 9.13. The first kappa shape index (κ1) is 18.5. The highest BCUT2D eigenvalue weighted by molar-refractivity contribution is 6.53. The second-order valence-corrected chi connectivity index (χ2v) is 8.66. The van der Waals surface area contributed by atoms with Crippen LogP contribution < -0.4 is 5.32 Å². The topological polar surface area (TPSA) is 58.6 Å². The molecule has 136 valence electrons. The number of benzene rings is 1. The van der Waals surface area contributed by atoms with Gasteiger partial charge in [0.25, 0.3) is 5.91 Å². The zero-order valence-electron chi connectivity index (χ0n) is 14.5. The first-order valence-electron chi connectivity index (χ1n) is 8.37. The number of para-hydroxylation sites is 1. The Balaban J connectivity index is 1.79. The number of anilines is 1. The van der Waals surface area contributed by atoms with Gasteiger partial charge in [-0.1, -0.05) is 12.1 Å². The molecular weight excluding hydrogens is 363 g/mol. The van der Waals surface area contributed by atoms with Crippen LogP contribution in [0.15, 0.2) is 24.3 Å². The van der Waals surface area contributed by atoms with Gasteiger partial charge in [-0.2, -0.15) is 0 Å². The lowest BCUT2D eigenvalue weighted by atomic mass is 10.1. The van der Waals surface area contributed by atoms with E-state index in [9.17, 15) is 9.59 Å². The van der Waals surface area contributed by atoms with Gasteiger partial charge in [0.1, 0.15) is 4.33 Å². The van der Waals surface area contributed by atoms with Crippen LogP contribution in [0.1, 0.15) is 37.6 Å². The van der Waals surface area contributed by atoms with Crippen LogP contribution in [0, 0.1) is 5.41 Å². The largest absolute Gasteiger partial charge is 0.372 e. The normalized spacial score (nSPS) is 30.7. The minimum Gasteiger partial charge on any atom is -0.372 e. The lowest BCUT2D eigenvalue weighted by Gasteiger charge is -2.35. The SMILES string of the molecule is C[C@@H]1CN(C(=O)c2ccccc2NC(=O)[C@@]2(C)CC2(Cl)Cl)C[C@@H](C)O1. The molecular formula is C18H22Cl2N2O3.